The highest BCUT2D eigenvalue weighted by Crippen LogP contribution is 2.23. The highest BCUT2D eigenvalue weighted by atomic mass is 32.2. The summed E-state index contributed by atoms with van der Waals surface area (Å²) in [6.07, 6.45) is -0.658. The largest absolute Gasteiger partial charge is 0.431 e. The number of aromatic nitrogens is 1. The quantitative estimate of drug-likeness (QED) is 0.272. The van der Waals surface area contributed by atoms with Crippen molar-refractivity contribution in [1.82, 2.24) is 15.6 Å². The van der Waals surface area contributed by atoms with Crippen LogP contribution in [0.25, 0.3) is 0 Å². The number of carbonyl (C=O) groups is 2. The molecule has 190 valence electrons. The molecule has 0 saturated heterocycles. The minimum Gasteiger partial charge on any atom is -0.431 e. The fourth-order valence-corrected chi connectivity index (χ4v) is 3.75. The van der Waals surface area contributed by atoms with Gasteiger partial charge in [0.25, 0.3) is 5.91 Å². The van der Waals surface area contributed by atoms with E-state index >= 15 is 0 Å². The lowest BCUT2D eigenvalue weighted by atomic mass is 9.83. The summed E-state index contributed by atoms with van der Waals surface area (Å²) < 4.78 is 29.6. The van der Waals surface area contributed by atoms with E-state index < -0.39 is 40.1 Å². The number of anilines is 1. The van der Waals surface area contributed by atoms with Crippen molar-refractivity contribution in [2.75, 3.05) is 17.5 Å². The second kappa shape index (κ2) is 12.3. The molecule has 4 atom stereocenters. The van der Waals surface area contributed by atoms with Gasteiger partial charge < -0.3 is 25.3 Å². The Balaban J connectivity index is 3.03. The van der Waals surface area contributed by atoms with Gasteiger partial charge >= 0.3 is 6.01 Å². The third kappa shape index (κ3) is 9.68. The number of aliphatic hydroxyl groups excluding tert-OH is 2. The molecule has 1 aromatic heterocycles. The Labute approximate surface area is 195 Å². The molecule has 0 spiro atoms. The Hall–Kier alpha value is -2.18. The molecule has 12 heteroatoms. The summed E-state index contributed by atoms with van der Waals surface area (Å²) in [5, 5.41) is 27.3. The van der Waals surface area contributed by atoms with Crippen LogP contribution in [0, 0.1) is 23.7 Å². The number of nitrogens with zero attached hydrogens (tertiary/aromatic N) is 1. The molecule has 0 radical (unpaired) electrons. The molecule has 0 saturated carbocycles. The van der Waals surface area contributed by atoms with E-state index in [1.54, 1.807) is 13.8 Å². The van der Waals surface area contributed by atoms with Gasteiger partial charge in [-0.1, -0.05) is 41.5 Å². The van der Waals surface area contributed by atoms with Crippen LogP contribution in [-0.2, 0) is 14.8 Å². The van der Waals surface area contributed by atoms with Gasteiger partial charge in [-0.3, -0.25) is 9.59 Å². The van der Waals surface area contributed by atoms with E-state index in [1.807, 2.05) is 32.4 Å². The van der Waals surface area contributed by atoms with E-state index in [2.05, 4.69) is 15.6 Å². The van der Waals surface area contributed by atoms with Crippen LogP contribution in [0.2, 0.25) is 0 Å². The molecule has 0 aliphatic rings. The van der Waals surface area contributed by atoms with Gasteiger partial charge in [0, 0.05) is 6.54 Å². The second-order valence-electron chi connectivity index (χ2n) is 9.51. The van der Waals surface area contributed by atoms with Crippen molar-refractivity contribution in [2.24, 2.45) is 23.7 Å². The van der Waals surface area contributed by atoms with Gasteiger partial charge in [-0.15, -0.1) is 0 Å². The third-order valence-corrected chi connectivity index (χ3v) is 5.43. The minimum absolute atomic E-state index is 0.0455. The number of carbonyl (C=O) groups excluding carboxylic acids is 2. The summed E-state index contributed by atoms with van der Waals surface area (Å²) in [7, 11) is -3.64. The molecule has 1 heterocycles. The van der Waals surface area contributed by atoms with Crippen LogP contribution in [0.1, 0.15) is 58.5 Å². The zero-order chi connectivity index (χ0) is 25.5. The van der Waals surface area contributed by atoms with E-state index in [1.165, 1.54) is 0 Å². The van der Waals surface area contributed by atoms with Crippen LogP contribution in [0.4, 0.5) is 6.01 Å². The van der Waals surface area contributed by atoms with Gasteiger partial charge in [0.05, 0.1) is 24.3 Å². The molecule has 0 aliphatic carbocycles. The lowest BCUT2D eigenvalue weighted by molar-refractivity contribution is -0.136. The van der Waals surface area contributed by atoms with Crippen LogP contribution in [0.5, 0.6) is 0 Å². The summed E-state index contributed by atoms with van der Waals surface area (Å²) in [5.74, 6) is -1.97. The topological polar surface area (TPSA) is 171 Å². The Morgan fingerprint density at radius 3 is 2.15 bits per heavy atom. The van der Waals surface area contributed by atoms with Crippen LogP contribution in [-0.4, -0.2) is 66.5 Å². The van der Waals surface area contributed by atoms with E-state index in [9.17, 15) is 28.2 Å². The molecule has 0 aromatic carbocycles. The molecular weight excluding hydrogens is 452 g/mol. The molecular formula is C21H38N4O7S. The van der Waals surface area contributed by atoms with Gasteiger partial charge in [0.15, 0.2) is 5.69 Å². The summed E-state index contributed by atoms with van der Waals surface area (Å²) in [6.45, 7) is 11.7. The summed E-state index contributed by atoms with van der Waals surface area (Å²) in [4.78, 5) is 29.2. The first kappa shape index (κ1) is 28.9. The van der Waals surface area contributed by atoms with E-state index in [0.717, 1.165) is 12.5 Å². The number of sulfonamides is 1. The van der Waals surface area contributed by atoms with Gasteiger partial charge in [-0.2, -0.15) is 4.98 Å². The molecule has 33 heavy (non-hydrogen) atoms. The SMILES string of the molecule is CC(C)CNC(=O)[C@H](C(C)C)[C@@H](O)[C@H](O)[C@H](CC(C)C)NC(=O)c1coc(NS(C)(=O)=O)n1. The predicted molar refractivity (Wildman–Crippen MR) is 124 cm³/mol. The molecule has 1 rings (SSSR count). The van der Waals surface area contributed by atoms with Crippen molar-refractivity contribution in [3.63, 3.8) is 0 Å². The van der Waals surface area contributed by atoms with Gasteiger partial charge in [0.1, 0.15) is 12.4 Å². The highest BCUT2D eigenvalue weighted by Gasteiger charge is 2.39. The van der Waals surface area contributed by atoms with E-state index in [0.29, 0.717) is 13.0 Å². The Bertz CT molecular complexity index is 883. The average molecular weight is 491 g/mol. The maximum atomic E-state index is 12.7. The molecule has 0 fully saturated rings. The molecule has 1 aromatic rings. The van der Waals surface area contributed by atoms with Crippen molar-refractivity contribution in [1.29, 1.82) is 0 Å². The first-order chi connectivity index (χ1) is 15.1. The minimum atomic E-state index is -3.64. The van der Waals surface area contributed by atoms with Crippen LogP contribution >= 0.6 is 0 Å². The van der Waals surface area contributed by atoms with Crippen LogP contribution < -0.4 is 15.4 Å². The lowest BCUT2D eigenvalue weighted by Crippen LogP contribution is -2.54. The number of aliphatic hydroxyl groups is 2. The van der Waals surface area contributed by atoms with Gasteiger partial charge in [-0.05, 0) is 24.2 Å². The van der Waals surface area contributed by atoms with Gasteiger partial charge in [-0.25, -0.2) is 13.1 Å². The second-order valence-corrected chi connectivity index (χ2v) is 11.3. The monoisotopic (exact) mass is 490 g/mol. The summed E-state index contributed by atoms with van der Waals surface area (Å²) in [6, 6.07) is -1.26. The Morgan fingerprint density at radius 1 is 1.06 bits per heavy atom. The first-order valence-corrected chi connectivity index (χ1v) is 12.9. The maximum absolute atomic E-state index is 12.7. The predicted octanol–water partition coefficient (Wildman–Crippen LogP) is 0.957. The molecule has 11 nitrogen and oxygen atoms in total. The van der Waals surface area contributed by atoms with Crippen molar-refractivity contribution in [3.8, 4) is 0 Å². The highest BCUT2D eigenvalue weighted by molar-refractivity contribution is 7.91. The maximum Gasteiger partial charge on any atom is 0.309 e. The van der Waals surface area contributed by atoms with Crippen molar-refractivity contribution in [3.05, 3.63) is 12.0 Å². The smallest absolute Gasteiger partial charge is 0.309 e. The standard InChI is InChI=1S/C21H38N4O7S/c1-11(2)8-14(23-19(28)15-10-32-21(24-15)25-33(7,30)31)17(26)18(27)16(13(5)6)20(29)22-9-12(3)4/h10-14,16-18,26-27H,8-9H2,1-7H3,(H,22,29)(H,23,28)(H,24,25)/t14-,16+,17+,18+/m0/s1. The zero-order valence-corrected chi connectivity index (χ0v) is 21.1. The Kier molecular flexibility index (Phi) is 10.8. The number of hydrogen-bond acceptors (Lipinski definition) is 8. The molecule has 0 aliphatic heterocycles. The summed E-state index contributed by atoms with van der Waals surface area (Å²) in [5.41, 5.74) is -0.202. The number of oxazole rings is 1. The fraction of sp³-hybridized carbons (Fsp3) is 0.762. The molecule has 0 unspecified atom stereocenters. The Morgan fingerprint density at radius 2 is 1.67 bits per heavy atom. The van der Waals surface area contributed by atoms with Crippen molar-refractivity contribution < 1.29 is 32.6 Å². The number of amides is 2. The van der Waals surface area contributed by atoms with Crippen molar-refractivity contribution in [2.45, 2.75) is 66.2 Å². The number of rotatable bonds is 13. The van der Waals surface area contributed by atoms with Crippen LogP contribution in [0.15, 0.2) is 10.7 Å². The van der Waals surface area contributed by atoms with E-state index in [4.69, 9.17) is 4.42 Å². The zero-order valence-electron chi connectivity index (χ0n) is 20.3. The lowest BCUT2D eigenvalue weighted by Gasteiger charge is -2.34. The normalized spacial score (nSPS) is 15.9. The van der Waals surface area contributed by atoms with E-state index in [-0.39, 0.29) is 35.4 Å². The number of hydrogen-bond donors (Lipinski definition) is 5. The molecule has 2 amide bonds. The summed E-state index contributed by atoms with van der Waals surface area (Å²) >= 11 is 0. The van der Waals surface area contributed by atoms with Crippen molar-refractivity contribution >= 4 is 27.9 Å². The third-order valence-electron chi connectivity index (χ3n) is 4.89. The molecule has 0 bridgehead atoms. The number of nitrogens with one attached hydrogen (secondary N) is 3. The van der Waals surface area contributed by atoms with Crippen LogP contribution in [0.3, 0.4) is 0 Å². The first-order valence-electron chi connectivity index (χ1n) is 11.0. The average Bonchev–Trinajstić information content (AvgIpc) is 3.11. The van der Waals surface area contributed by atoms with Gasteiger partial charge in [0.2, 0.25) is 15.9 Å². The molecule has 5 N–H and O–H groups in total. The fourth-order valence-electron chi connectivity index (χ4n) is 3.34.